The van der Waals surface area contributed by atoms with Crippen LogP contribution in [0, 0.1) is 6.92 Å². The van der Waals surface area contributed by atoms with Gasteiger partial charge in [-0.3, -0.25) is 4.99 Å². The molecule has 0 radical (unpaired) electrons. The molecule has 158 valence electrons. The molecular formula is C22H37IN4O. The summed E-state index contributed by atoms with van der Waals surface area (Å²) >= 11 is 0. The van der Waals surface area contributed by atoms with E-state index in [0.29, 0.717) is 12.6 Å². The number of nitrogens with zero attached hydrogens (tertiary/aromatic N) is 2. The van der Waals surface area contributed by atoms with Crippen molar-refractivity contribution in [3.63, 3.8) is 0 Å². The average molecular weight is 500 g/mol. The number of aliphatic hydroxyl groups excluding tert-OH is 1. The lowest BCUT2D eigenvalue weighted by Gasteiger charge is -2.36. The number of aliphatic hydroxyl groups is 1. The largest absolute Gasteiger partial charge is 0.386 e. The van der Waals surface area contributed by atoms with E-state index >= 15 is 0 Å². The monoisotopic (exact) mass is 500 g/mol. The number of likely N-dealkylation sites (tertiary alicyclic amines) is 1. The van der Waals surface area contributed by atoms with Gasteiger partial charge in [0.1, 0.15) is 0 Å². The fourth-order valence-electron chi connectivity index (χ4n) is 4.26. The summed E-state index contributed by atoms with van der Waals surface area (Å²) in [4.78, 5) is 7.32. The van der Waals surface area contributed by atoms with E-state index < -0.39 is 6.10 Å². The Labute approximate surface area is 187 Å². The van der Waals surface area contributed by atoms with Crippen molar-refractivity contribution in [3.05, 3.63) is 35.4 Å². The SMILES string of the molecule is CCNC(=NCC(O)c1ccc(C)cc1)NC1CCN(C2CCCC2)CC1.I. The van der Waals surface area contributed by atoms with Gasteiger partial charge in [0.25, 0.3) is 0 Å². The van der Waals surface area contributed by atoms with Crippen LogP contribution in [0.5, 0.6) is 0 Å². The first-order chi connectivity index (χ1) is 13.2. The Morgan fingerprint density at radius 1 is 1.14 bits per heavy atom. The summed E-state index contributed by atoms with van der Waals surface area (Å²) in [5.41, 5.74) is 2.12. The van der Waals surface area contributed by atoms with Crippen LogP contribution in [-0.2, 0) is 0 Å². The van der Waals surface area contributed by atoms with E-state index in [2.05, 4.69) is 34.4 Å². The number of rotatable bonds is 6. The Kier molecular flexibility index (Phi) is 10.0. The second-order valence-corrected chi connectivity index (χ2v) is 8.04. The molecule has 3 N–H and O–H groups in total. The maximum atomic E-state index is 10.4. The molecule has 1 aliphatic carbocycles. The van der Waals surface area contributed by atoms with Gasteiger partial charge in [-0.1, -0.05) is 42.7 Å². The first-order valence-electron chi connectivity index (χ1n) is 10.7. The lowest BCUT2D eigenvalue weighted by molar-refractivity contribution is 0.150. The zero-order valence-corrected chi connectivity index (χ0v) is 19.7. The molecule has 1 aliphatic heterocycles. The number of hydrogen-bond acceptors (Lipinski definition) is 3. The predicted molar refractivity (Wildman–Crippen MR) is 128 cm³/mol. The molecule has 1 saturated heterocycles. The molecule has 0 spiro atoms. The normalized spacial score (nSPS) is 20.6. The highest BCUT2D eigenvalue weighted by atomic mass is 127. The van der Waals surface area contributed by atoms with Crippen LogP contribution in [0.25, 0.3) is 0 Å². The van der Waals surface area contributed by atoms with Crippen molar-refractivity contribution in [2.45, 2.75) is 70.6 Å². The quantitative estimate of drug-likeness (QED) is 0.318. The Bertz CT molecular complexity index is 593. The van der Waals surface area contributed by atoms with E-state index in [1.54, 1.807) is 0 Å². The third-order valence-electron chi connectivity index (χ3n) is 5.94. The minimum absolute atomic E-state index is 0. The van der Waals surface area contributed by atoms with Crippen LogP contribution in [0.3, 0.4) is 0 Å². The molecule has 28 heavy (non-hydrogen) atoms. The van der Waals surface area contributed by atoms with E-state index in [1.807, 2.05) is 24.3 Å². The molecule has 6 heteroatoms. The second-order valence-electron chi connectivity index (χ2n) is 8.04. The molecule has 1 aromatic rings. The van der Waals surface area contributed by atoms with E-state index in [0.717, 1.165) is 24.1 Å². The van der Waals surface area contributed by atoms with Crippen molar-refractivity contribution >= 4 is 29.9 Å². The standard InChI is InChI=1S/C22H36N4O.HI/c1-3-23-22(24-16-21(27)18-10-8-17(2)9-11-18)25-19-12-14-26(15-13-19)20-6-4-5-7-20;/h8-11,19-21,27H,3-7,12-16H2,1-2H3,(H2,23,24,25);1H. The van der Waals surface area contributed by atoms with Crippen LogP contribution in [0.4, 0.5) is 0 Å². The van der Waals surface area contributed by atoms with E-state index in [-0.39, 0.29) is 24.0 Å². The molecule has 5 nitrogen and oxygen atoms in total. The molecular weight excluding hydrogens is 463 g/mol. The molecule has 0 bridgehead atoms. The van der Waals surface area contributed by atoms with Crippen LogP contribution < -0.4 is 10.6 Å². The van der Waals surface area contributed by atoms with Crippen LogP contribution >= 0.6 is 24.0 Å². The maximum Gasteiger partial charge on any atom is 0.191 e. The first kappa shape index (κ1) is 23.4. The van der Waals surface area contributed by atoms with Gasteiger partial charge in [0.05, 0.1) is 12.6 Å². The molecule has 0 aromatic heterocycles. The predicted octanol–water partition coefficient (Wildman–Crippen LogP) is 3.61. The number of piperidine rings is 1. The summed E-state index contributed by atoms with van der Waals surface area (Å²) in [5, 5.41) is 17.3. The van der Waals surface area contributed by atoms with Gasteiger partial charge in [0.15, 0.2) is 5.96 Å². The summed E-state index contributed by atoms with van der Waals surface area (Å²) in [6.45, 7) is 7.71. The second kappa shape index (κ2) is 12.0. The molecule has 1 atom stereocenters. The van der Waals surface area contributed by atoms with Crippen molar-refractivity contribution < 1.29 is 5.11 Å². The van der Waals surface area contributed by atoms with Gasteiger partial charge < -0.3 is 20.6 Å². The van der Waals surface area contributed by atoms with Crippen molar-refractivity contribution in [1.82, 2.24) is 15.5 Å². The van der Waals surface area contributed by atoms with E-state index in [4.69, 9.17) is 0 Å². The summed E-state index contributed by atoms with van der Waals surface area (Å²) in [6.07, 6.45) is 7.36. The van der Waals surface area contributed by atoms with Gasteiger partial charge in [0, 0.05) is 31.7 Å². The lowest BCUT2D eigenvalue weighted by atomic mass is 10.0. The zero-order valence-electron chi connectivity index (χ0n) is 17.4. The minimum atomic E-state index is -0.565. The highest BCUT2D eigenvalue weighted by molar-refractivity contribution is 14.0. The molecule has 0 amide bonds. The molecule has 2 aliphatic rings. The summed E-state index contributed by atoms with van der Waals surface area (Å²) < 4.78 is 0. The number of aryl methyl sites for hydroxylation is 1. The van der Waals surface area contributed by atoms with Gasteiger partial charge in [-0.2, -0.15) is 0 Å². The maximum absolute atomic E-state index is 10.4. The number of aliphatic imine (C=N–C) groups is 1. The highest BCUT2D eigenvalue weighted by Gasteiger charge is 2.27. The van der Waals surface area contributed by atoms with Crippen LogP contribution in [0.2, 0.25) is 0 Å². The number of halogens is 1. The third-order valence-corrected chi connectivity index (χ3v) is 5.94. The van der Waals surface area contributed by atoms with Crippen LogP contribution in [0.15, 0.2) is 29.3 Å². The Morgan fingerprint density at radius 3 is 2.39 bits per heavy atom. The fourth-order valence-corrected chi connectivity index (χ4v) is 4.26. The minimum Gasteiger partial charge on any atom is -0.386 e. The lowest BCUT2D eigenvalue weighted by Crippen LogP contribution is -2.50. The molecule has 1 saturated carbocycles. The summed E-state index contributed by atoms with van der Waals surface area (Å²) in [7, 11) is 0. The highest BCUT2D eigenvalue weighted by Crippen LogP contribution is 2.26. The van der Waals surface area contributed by atoms with Gasteiger partial charge >= 0.3 is 0 Å². The van der Waals surface area contributed by atoms with Gasteiger partial charge in [-0.15, -0.1) is 24.0 Å². The summed E-state index contributed by atoms with van der Waals surface area (Å²) in [5.74, 6) is 0.822. The molecule has 1 unspecified atom stereocenters. The average Bonchev–Trinajstić information content (AvgIpc) is 3.22. The number of nitrogens with one attached hydrogen (secondary N) is 2. The van der Waals surface area contributed by atoms with E-state index in [9.17, 15) is 5.11 Å². The van der Waals surface area contributed by atoms with Crippen LogP contribution in [-0.4, -0.2) is 54.2 Å². The fraction of sp³-hybridized carbons (Fsp3) is 0.682. The first-order valence-corrected chi connectivity index (χ1v) is 10.7. The van der Waals surface area contributed by atoms with Crippen molar-refractivity contribution in [1.29, 1.82) is 0 Å². The smallest absolute Gasteiger partial charge is 0.191 e. The Balaban J connectivity index is 0.00000280. The number of guanidine groups is 1. The van der Waals surface area contributed by atoms with Crippen molar-refractivity contribution in [3.8, 4) is 0 Å². The molecule has 1 aromatic carbocycles. The van der Waals surface area contributed by atoms with Crippen molar-refractivity contribution in [2.24, 2.45) is 4.99 Å². The van der Waals surface area contributed by atoms with Crippen molar-refractivity contribution in [2.75, 3.05) is 26.2 Å². The molecule has 1 heterocycles. The number of hydrogen-bond donors (Lipinski definition) is 3. The third kappa shape index (κ3) is 6.88. The van der Waals surface area contributed by atoms with Gasteiger partial charge in [-0.05, 0) is 45.1 Å². The number of benzene rings is 1. The topological polar surface area (TPSA) is 59.9 Å². The Morgan fingerprint density at radius 2 is 1.79 bits per heavy atom. The molecule has 3 rings (SSSR count). The zero-order chi connectivity index (χ0) is 19.1. The molecule has 2 fully saturated rings. The van der Waals surface area contributed by atoms with Gasteiger partial charge in [-0.25, -0.2) is 0 Å². The van der Waals surface area contributed by atoms with E-state index in [1.165, 1.54) is 57.2 Å². The van der Waals surface area contributed by atoms with Gasteiger partial charge in [0.2, 0.25) is 0 Å². The Hall–Kier alpha value is -0.860. The summed E-state index contributed by atoms with van der Waals surface area (Å²) in [6, 6.07) is 9.33. The van der Waals surface area contributed by atoms with Crippen LogP contribution in [0.1, 0.15) is 62.7 Å².